The maximum absolute atomic E-state index is 13.4. The third kappa shape index (κ3) is 2.26. The van der Waals surface area contributed by atoms with Crippen LogP contribution in [0.15, 0.2) is 18.2 Å². The number of halogens is 3. The van der Waals surface area contributed by atoms with Crippen molar-refractivity contribution in [2.24, 2.45) is 0 Å². The Labute approximate surface area is 99.7 Å². The van der Waals surface area contributed by atoms with Crippen LogP contribution in [0.4, 0.5) is 36.4 Å². The van der Waals surface area contributed by atoms with E-state index in [0.29, 0.717) is 0 Å². The molecule has 0 saturated heterocycles. The summed E-state index contributed by atoms with van der Waals surface area (Å²) in [4.78, 5) is 7.32. The number of nitrogens with two attached hydrogens (primary N) is 2. The van der Waals surface area contributed by atoms with Crippen molar-refractivity contribution in [3.05, 3.63) is 35.7 Å². The lowest BCUT2D eigenvalue weighted by Crippen LogP contribution is -2.04. The minimum absolute atomic E-state index is 0.0630. The summed E-state index contributed by atoms with van der Waals surface area (Å²) in [5.41, 5.74) is 10.5. The summed E-state index contributed by atoms with van der Waals surface area (Å²) < 4.78 is 39.1. The zero-order chi connectivity index (χ0) is 13.3. The fraction of sp³-hybridized carbons (Fsp3) is 0. The van der Waals surface area contributed by atoms with Crippen molar-refractivity contribution < 1.29 is 13.2 Å². The predicted molar refractivity (Wildman–Crippen MR) is 60.5 cm³/mol. The van der Waals surface area contributed by atoms with Crippen LogP contribution in [0.2, 0.25) is 0 Å². The molecule has 0 unspecified atom stereocenters. The van der Waals surface area contributed by atoms with E-state index in [4.69, 9.17) is 11.5 Å². The van der Waals surface area contributed by atoms with Gasteiger partial charge in [0.05, 0.1) is 5.69 Å². The van der Waals surface area contributed by atoms with Crippen molar-refractivity contribution in [3.63, 3.8) is 0 Å². The van der Waals surface area contributed by atoms with E-state index in [1.165, 1.54) is 6.07 Å². The molecule has 0 bridgehead atoms. The van der Waals surface area contributed by atoms with E-state index >= 15 is 0 Å². The van der Waals surface area contributed by atoms with Gasteiger partial charge < -0.3 is 16.8 Å². The van der Waals surface area contributed by atoms with Crippen LogP contribution in [0.25, 0.3) is 0 Å². The molecule has 0 aliphatic rings. The molecule has 0 fully saturated rings. The van der Waals surface area contributed by atoms with E-state index in [2.05, 4.69) is 15.3 Å². The zero-order valence-corrected chi connectivity index (χ0v) is 8.92. The van der Waals surface area contributed by atoms with Crippen molar-refractivity contribution in [1.82, 2.24) is 9.97 Å². The third-order valence-electron chi connectivity index (χ3n) is 2.06. The summed E-state index contributed by atoms with van der Waals surface area (Å²) >= 11 is 0. The van der Waals surface area contributed by atoms with Crippen LogP contribution >= 0.6 is 0 Å². The van der Waals surface area contributed by atoms with Gasteiger partial charge in [-0.2, -0.15) is 9.97 Å². The smallest absolute Gasteiger partial charge is 0.223 e. The summed E-state index contributed by atoms with van der Waals surface area (Å²) in [5.74, 6) is -4.20. The molecule has 5 nitrogen and oxygen atoms in total. The van der Waals surface area contributed by atoms with E-state index in [1.54, 1.807) is 0 Å². The molecule has 1 aromatic carbocycles. The average Bonchev–Trinajstić information content (AvgIpc) is 2.29. The van der Waals surface area contributed by atoms with E-state index in [9.17, 15) is 13.2 Å². The number of nitrogens with zero attached hydrogens (tertiary/aromatic N) is 2. The molecule has 2 rings (SSSR count). The Hall–Kier alpha value is -2.51. The lowest BCUT2D eigenvalue weighted by Gasteiger charge is -2.08. The number of hydrogen-bond acceptors (Lipinski definition) is 5. The van der Waals surface area contributed by atoms with Crippen molar-refractivity contribution in [3.8, 4) is 0 Å². The summed E-state index contributed by atoms with van der Waals surface area (Å²) in [5, 5.41) is 2.43. The van der Waals surface area contributed by atoms with Crippen LogP contribution in [0.3, 0.4) is 0 Å². The first-order valence-electron chi connectivity index (χ1n) is 4.78. The molecule has 1 aromatic heterocycles. The number of benzene rings is 1. The van der Waals surface area contributed by atoms with Crippen LogP contribution in [0.1, 0.15) is 0 Å². The highest BCUT2D eigenvalue weighted by atomic mass is 19.2. The molecule has 0 aliphatic heterocycles. The van der Waals surface area contributed by atoms with Crippen molar-refractivity contribution >= 4 is 23.3 Å². The second kappa shape index (κ2) is 4.40. The lowest BCUT2D eigenvalue weighted by molar-refractivity contribution is 0.449. The van der Waals surface area contributed by atoms with Gasteiger partial charge in [-0.3, -0.25) is 0 Å². The first-order valence-corrected chi connectivity index (χ1v) is 4.78. The number of rotatable bonds is 2. The van der Waals surface area contributed by atoms with Gasteiger partial charge in [-0.25, -0.2) is 13.2 Å². The minimum atomic E-state index is -1.57. The Morgan fingerprint density at radius 3 is 2.39 bits per heavy atom. The fourth-order valence-corrected chi connectivity index (χ4v) is 1.31. The Morgan fingerprint density at radius 1 is 1.00 bits per heavy atom. The zero-order valence-electron chi connectivity index (χ0n) is 8.92. The monoisotopic (exact) mass is 255 g/mol. The number of hydrogen-bond donors (Lipinski definition) is 3. The molecule has 2 aromatic rings. The quantitative estimate of drug-likeness (QED) is 0.712. The van der Waals surface area contributed by atoms with Gasteiger partial charge in [0.1, 0.15) is 11.6 Å². The first kappa shape index (κ1) is 12.0. The topological polar surface area (TPSA) is 89.8 Å². The highest BCUT2D eigenvalue weighted by Gasteiger charge is 2.14. The minimum Gasteiger partial charge on any atom is -0.383 e. The molecule has 1 heterocycles. The molecule has 0 radical (unpaired) electrons. The second-order valence-electron chi connectivity index (χ2n) is 3.38. The normalized spacial score (nSPS) is 10.4. The molecule has 0 saturated carbocycles. The molecule has 0 spiro atoms. The Bertz CT molecular complexity index is 582. The Balaban J connectivity index is 2.37. The lowest BCUT2D eigenvalue weighted by atomic mass is 10.3. The number of anilines is 4. The average molecular weight is 255 g/mol. The van der Waals surface area contributed by atoms with Gasteiger partial charge in [-0.1, -0.05) is 0 Å². The summed E-state index contributed by atoms with van der Waals surface area (Å²) in [6.45, 7) is 0. The van der Waals surface area contributed by atoms with Crippen LogP contribution in [0, 0.1) is 17.5 Å². The molecule has 0 atom stereocenters. The second-order valence-corrected chi connectivity index (χ2v) is 3.38. The maximum Gasteiger partial charge on any atom is 0.223 e. The van der Waals surface area contributed by atoms with Gasteiger partial charge in [-0.15, -0.1) is 0 Å². The van der Waals surface area contributed by atoms with Gasteiger partial charge in [0.2, 0.25) is 5.95 Å². The highest BCUT2D eigenvalue weighted by Crippen LogP contribution is 2.23. The number of aromatic nitrogens is 2. The fourth-order valence-electron chi connectivity index (χ4n) is 1.31. The van der Waals surface area contributed by atoms with Gasteiger partial charge in [0.15, 0.2) is 17.5 Å². The maximum atomic E-state index is 13.4. The Kier molecular flexibility index (Phi) is 2.92. The van der Waals surface area contributed by atoms with E-state index in [-0.39, 0.29) is 23.3 Å². The molecular weight excluding hydrogens is 247 g/mol. The van der Waals surface area contributed by atoms with E-state index in [1.807, 2.05) is 0 Å². The van der Waals surface area contributed by atoms with Crippen LogP contribution in [-0.2, 0) is 0 Å². The van der Waals surface area contributed by atoms with Gasteiger partial charge in [-0.05, 0) is 12.1 Å². The van der Waals surface area contributed by atoms with Crippen molar-refractivity contribution in [2.45, 2.75) is 0 Å². The molecular formula is C10H8F3N5. The van der Waals surface area contributed by atoms with Crippen LogP contribution in [-0.4, -0.2) is 9.97 Å². The van der Waals surface area contributed by atoms with Gasteiger partial charge >= 0.3 is 0 Å². The largest absolute Gasteiger partial charge is 0.383 e. The molecule has 18 heavy (non-hydrogen) atoms. The molecule has 94 valence electrons. The number of nitrogen functional groups attached to an aromatic ring is 2. The van der Waals surface area contributed by atoms with E-state index < -0.39 is 17.5 Å². The van der Waals surface area contributed by atoms with Crippen molar-refractivity contribution in [2.75, 3.05) is 16.8 Å². The Morgan fingerprint density at radius 2 is 1.72 bits per heavy atom. The predicted octanol–water partition coefficient (Wildman–Crippen LogP) is 1.80. The van der Waals surface area contributed by atoms with Gasteiger partial charge in [0, 0.05) is 6.07 Å². The number of nitrogens with one attached hydrogen (secondary N) is 1. The molecule has 0 aliphatic carbocycles. The standard InChI is InChI=1S/C10H8F3N5/c11-4-1-2-5(9(13)8(4)12)16-7-3-6(14)17-10(15)18-7/h1-3H,(H5,14,15,16,17,18). The summed E-state index contributed by atoms with van der Waals surface area (Å²) in [6.07, 6.45) is 0. The first-order chi connectivity index (χ1) is 8.47. The van der Waals surface area contributed by atoms with Crippen molar-refractivity contribution in [1.29, 1.82) is 0 Å². The van der Waals surface area contributed by atoms with Crippen LogP contribution < -0.4 is 16.8 Å². The summed E-state index contributed by atoms with van der Waals surface area (Å²) in [7, 11) is 0. The highest BCUT2D eigenvalue weighted by molar-refractivity contribution is 5.60. The third-order valence-corrected chi connectivity index (χ3v) is 2.06. The van der Waals surface area contributed by atoms with E-state index in [0.717, 1.165) is 12.1 Å². The molecule has 0 amide bonds. The molecule has 8 heteroatoms. The SMILES string of the molecule is Nc1cc(Nc2ccc(F)c(F)c2F)nc(N)n1. The van der Waals surface area contributed by atoms with Gasteiger partial charge in [0.25, 0.3) is 0 Å². The van der Waals surface area contributed by atoms with Crippen LogP contribution in [0.5, 0.6) is 0 Å². The summed E-state index contributed by atoms with van der Waals surface area (Å²) in [6, 6.07) is 3.09. The molecule has 5 N–H and O–H groups in total.